The topological polar surface area (TPSA) is 9.23 Å². The average Bonchev–Trinajstić information content (AvgIpc) is 2.96. The molecule has 1 aliphatic carbocycles. The van der Waals surface area contributed by atoms with Crippen LogP contribution in [0.3, 0.4) is 0 Å². The molecule has 1 saturated heterocycles. The molecule has 2 heteroatoms. The summed E-state index contributed by atoms with van der Waals surface area (Å²) in [5, 5.41) is 0. The number of fused-ring (bicyclic) bond motifs is 5. The van der Waals surface area contributed by atoms with E-state index in [1.165, 1.54) is 16.7 Å². The molecule has 1 nitrogen and oxygen atoms in total. The van der Waals surface area contributed by atoms with Gasteiger partial charge in [-0.15, -0.1) is 12.8 Å². The van der Waals surface area contributed by atoms with Crippen LogP contribution in [0, 0.1) is 18.7 Å². The van der Waals surface area contributed by atoms with Crippen molar-refractivity contribution in [2.75, 3.05) is 6.61 Å². The standard InChI is InChI=1S/C17H15FO.C2H2/c18-13-6-5-12-9-11-3-1-2-4-14(11)15-7-8-19-17(15)16(12)10-13;1-2/h1-6,10,15,17H,7-9H2;1-2H/t15-,17+;/m0./s1. The summed E-state index contributed by atoms with van der Waals surface area (Å²) in [6.45, 7) is 0.764. The van der Waals surface area contributed by atoms with Gasteiger partial charge >= 0.3 is 0 Å². The van der Waals surface area contributed by atoms with Crippen LogP contribution in [0.2, 0.25) is 0 Å². The molecular formula is C19H17FO. The molecule has 21 heavy (non-hydrogen) atoms. The Labute approximate surface area is 124 Å². The minimum absolute atomic E-state index is 0.0225. The second-order valence-electron chi connectivity index (χ2n) is 5.41. The molecule has 2 atom stereocenters. The van der Waals surface area contributed by atoms with Gasteiger partial charge in [-0.05, 0) is 47.2 Å². The molecule has 2 aliphatic rings. The maximum absolute atomic E-state index is 13.6. The van der Waals surface area contributed by atoms with Gasteiger partial charge in [-0.2, -0.15) is 0 Å². The van der Waals surface area contributed by atoms with Gasteiger partial charge in [0.1, 0.15) is 5.82 Å². The van der Waals surface area contributed by atoms with E-state index in [4.69, 9.17) is 4.74 Å². The number of hydrogen-bond donors (Lipinski definition) is 0. The first-order chi connectivity index (χ1) is 10.3. The van der Waals surface area contributed by atoms with Crippen molar-refractivity contribution < 1.29 is 9.13 Å². The summed E-state index contributed by atoms with van der Waals surface area (Å²) >= 11 is 0. The van der Waals surface area contributed by atoms with Gasteiger partial charge in [0.05, 0.1) is 6.10 Å². The van der Waals surface area contributed by atoms with Gasteiger partial charge in [0.2, 0.25) is 0 Å². The van der Waals surface area contributed by atoms with Crippen LogP contribution in [-0.2, 0) is 11.2 Å². The highest BCUT2D eigenvalue weighted by molar-refractivity contribution is 5.45. The van der Waals surface area contributed by atoms with Crippen LogP contribution in [0.15, 0.2) is 42.5 Å². The second-order valence-corrected chi connectivity index (χ2v) is 5.41. The second kappa shape index (κ2) is 5.71. The normalized spacial score (nSPS) is 22.0. The summed E-state index contributed by atoms with van der Waals surface area (Å²) < 4.78 is 19.5. The third-order valence-electron chi connectivity index (χ3n) is 4.34. The molecule has 0 N–H and O–H groups in total. The van der Waals surface area contributed by atoms with E-state index in [1.54, 1.807) is 12.1 Å². The predicted molar refractivity (Wildman–Crippen MR) is 81.6 cm³/mol. The Morgan fingerprint density at radius 2 is 1.76 bits per heavy atom. The molecule has 1 fully saturated rings. The highest BCUT2D eigenvalue weighted by atomic mass is 19.1. The fraction of sp³-hybridized carbons (Fsp3) is 0.263. The SMILES string of the molecule is C#C.Fc1ccc2c(c1)[C@@H]1OCC[C@H]1c1ccccc1C2. The fourth-order valence-corrected chi connectivity index (χ4v) is 3.47. The van der Waals surface area contributed by atoms with E-state index >= 15 is 0 Å². The molecule has 0 aromatic heterocycles. The maximum Gasteiger partial charge on any atom is 0.123 e. The smallest absolute Gasteiger partial charge is 0.123 e. The van der Waals surface area contributed by atoms with Crippen molar-refractivity contribution in [3.8, 4) is 12.8 Å². The zero-order valence-electron chi connectivity index (χ0n) is 11.8. The lowest BCUT2D eigenvalue weighted by Crippen LogP contribution is -2.06. The van der Waals surface area contributed by atoms with Crippen molar-refractivity contribution >= 4 is 0 Å². The van der Waals surface area contributed by atoms with E-state index in [0.717, 1.165) is 25.0 Å². The maximum atomic E-state index is 13.6. The van der Waals surface area contributed by atoms with Crippen LogP contribution < -0.4 is 0 Å². The minimum atomic E-state index is -0.168. The molecule has 0 saturated carbocycles. The van der Waals surface area contributed by atoms with Crippen LogP contribution in [0.1, 0.15) is 40.7 Å². The van der Waals surface area contributed by atoms with Gasteiger partial charge in [-0.3, -0.25) is 0 Å². The third kappa shape index (κ3) is 2.34. The Balaban J connectivity index is 0.000000636. The molecule has 2 aromatic carbocycles. The van der Waals surface area contributed by atoms with Gasteiger partial charge in [0.15, 0.2) is 0 Å². The quantitative estimate of drug-likeness (QED) is 0.656. The van der Waals surface area contributed by atoms with E-state index in [9.17, 15) is 4.39 Å². The van der Waals surface area contributed by atoms with Gasteiger partial charge < -0.3 is 4.74 Å². The Morgan fingerprint density at radius 3 is 2.62 bits per heavy atom. The Kier molecular flexibility index (Phi) is 3.77. The van der Waals surface area contributed by atoms with Crippen LogP contribution in [0.4, 0.5) is 4.39 Å². The number of terminal acetylenes is 1. The molecule has 4 rings (SSSR count). The van der Waals surface area contributed by atoms with Gasteiger partial charge in [0.25, 0.3) is 0 Å². The van der Waals surface area contributed by atoms with E-state index in [0.29, 0.717) is 5.92 Å². The first-order valence-corrected chi connectivity index (χ1v) is 7.14. The van der Waals surface area contributed by atoms with Crippen molar-refractivity contribution in [1.29, 1.82) is 0 Å². The van der Waals surface area contributed by atoms with Crippen molar-refractivity contribution in [3.05, 3.63) is 70.5 Å². The van der Waals surface area contributed by atoms with Crippen molar-refractivity contribution in [3.63, 3.8) is 0 Å². The lowest BCUT2D eigenvalue weighted by Gasteiger charge is -2.19. The highest BCUT2D eigenvalue weighted by Gasteiger charge is 2.35. The molecular weight excluding hydrogens is 263 g/mol. The largest absolute Gasteiger partial charge is 0.373 e. The zero-order chi connectivity index (χ0) is 14.8. The van der Waals surface area contributed by atoms with Gasteiger partial charge in [0, 0.05) is 12.5 Å². The van der Waals surface area contributed by atoms with Crippen molar-refractivity contribution in [2.45, 2.75) is 24.9 Å². The summed E-state index contributed by atoms with van der Waals surface area (Å²) in [4.78, 5) is 0. The molecule has 0 bridgehead atoms. The number of benzene rings is 2. The molecule has 1 aliphatic heterocycles. The van der Waals surface area contributed by atoms with Crippen molar-refractivity contribution in [1.82, 2.24) is 0 Å². The van der Waals surface area contributed by atoms with Crippen LogP contribution in [0.25, 0.3) is 0 Å². The van der Waals surface area contributed by atoms with E-state index in [2.05, 4.69) is 37.1 Å². The first kappa shape index (κ1) is 13.9. The Morgan fingerprint density at radius 1 is 1.00 bits per heavy atom. The summed E-state index contributed by atoms with van der Waals surface area (Å²) in [5.74, 6) is 0.207. The first-order valence-electron chi connectivity index (χ1n) is 7.14. The molecule has 0 radical (unpaired) electrons. The third-order valence-corrected chi connectivity index (χ3v) is 4.34. The number of halogens is 1. The zero-order valence-corrected chi connectivity index (χ0v) is 11.8. The lowest BCUT2D eigenvalue weighted by molar-refractivity contribution is 0.104. The molecule has 0 amide bonds. The summed E-state index contributed by atoms with van der Waals surface area (Å²) in [5.41, 5.74) is 4.97. The molecule has 1 heterocycles. The fourth-order valence-electron chi connectivity index (χ4n) is 3.47. The van der Waals surface area contributed by atoms with Gasteiger partial charge in [-0.1, -0.05) is 30.3 Å². The number of ether oxygens (including phenoxy) is 1. The molecule has 106 valence electrons. The molecule has 0 unspecified atom stereocenters. The monoisotopic (exact) mass is 280 g/mol. The van der Waals surface area contributed by atoms with Crippen molar-refractivity contribution in [2.24, 2.45) is 0 Å². The molecule has 0 spiro atoms. The summed E-state index contributed by atoms with van der Waals surface area (Å²) in [7, 11) is 0. The van der Waals surface area contributed by atoms with Crippen LogP contribution >= 0.6 is 0 Å². The van der Waals surface area contributed by atoms with E-state index in [-0.39, 0.29) is 11.9 Å². The van der Waals surface area contributed by atoms with Crippen LogP contribution in [0.5, 0.6) is 0 Å². The summed E-state index contributed by atoms with van der Waals surface area (Å²) in [6.07, 6.45) is 9.93. The average molecular weight is 280 g/mol. The number of hydrogen-bond acceptors (Lipinski definition) is 1. The lowest BCUT2D eigenvalue weighted by atomic mass is 9.88. The van der Waals surface area contributed by atoms with Crippen LogP contribution in [-0.4, -0.2) is 6.61 Å². The van der Waals surface area contributed by atoms with E-state index < -0.39 is 0 Å². The van der Waals surface area contributed by atoms with E-state index in [1.807, 2.05) is 6.07 Å². The Hall–Kier alpha value is -2.11. The summed E-state index contributed by atoms with van der Waals surface area (Å²) in [6, 6.07) is 13.7. The highest BCUT2D eigenvalue weighted by Crippen LogP contribution is 2.46. The molecule has 2 aromatic rings. The number of rotatable bonds is 0. The Bertz CT molecular complexity index is 674. The predicted octanol–water partition coefficient (Wildman–Crippen LogP) is 4.22. The van der Waals surface area contributed by atoms with Gasteiger partial charge in [-0.25, -0.2) is 4.39 Å². The minimum Gasteiger partial charge on any atom is -0.373 e.